The normalized spacial score (nSPS) is 28.5. The average molecular weight is 429 g/mol. The Hall–Kier alpha value is -1.34. The second-order valence-corrected chi connectivity index (χ2v) is 9.58. The Morgan fingerprint density at radius 1 is 1.17 bits per heavy atom. The molecule has 7 nitrogen and oxygen atoms in total. The molecule has 0 aromatic carbocycles. The number of carbonyl (C=O) groups excluding carboxylic acids is 3. The molecule has 166 valence electrons. The Balaban J connectivity index is 0.00000300. The highest BCUT2D eigenvalue weighted by atomic mass is 35.5. The zero-order valence-electron chi connectivity index (χ0n) is 18.0. The van der Waals surface area contributed by atoms with E-state index < -0.39 is 11.6 Å². The molecule has 8 heteroatoms. The quantitative estimate of drug-likeness (QED) is 0.657. The molecule has 3 fully saturated rings. The molecule has 4 amide bonds. The van der Waals surface area contributed by atoms with Gasteiger partial charge in [-0.1, -0.05) is 27.2 Å². The van der Waals surface area contributed by atoms with Gasteiger partial charge < -0.3 is 16.0 Å². The van der Waals surface area contributed by atoms with Gasteiger partial charge >= 0.3 is 6.03 Å². The van der Waals surface area contributed by atoms with Gasteiger partial charge in [0.25, 0.3) is 5.91 Å². The maximum absolute atomic E-state index is 13.1. The lowest BCUT2D eigenvalue weighted by atomic mass is 9.65. The zero-order valence-corrected chi connectivity index (χ0v) is 18.9. The fourth-order valence-electron chi connectivity index (χ4n) is 4.99. The van der Waals surface area contributed by atoms with Gasteiger partial charge in [-0.05, 0) is 62.3 Å². The van der Waals surface area contributed by atoms with Crippen molar-refractivity contribution in [1.29, 1.82) is 0 Å². The van der Waals surface area contributed by atoms with E-state index in [-0.39, 0.29) is 36.2 Å². The number of nitrogens with two attached hydrogens (primary N) is 1. The predicted octanol–water partition coefficient (Wildman–Crippen LogP) is 2.52. The SMILES string of the molecule is CCC(C)(C)C1CCC2(CC1)NC(=O)N(CC(=O)N1CCC(CN)CC1)C2=O.Cl. The summed E-state index contributed by atoms with van der Waals surface area (Å²) >= 11 is 0. The van der Waals surface area contributed by atoms with Crippen LogP contribution in [0.5, 0.6) is 0 Å². The van der Waals surface area contributed by atoms with Gasteiger partial charge in [0.05, 0.1) is 0 Å². The van der Waals surface area contributed by atoms with Gasteiger partial charge in [-0.25, -0.2) is 4.79 Å². The number of hydrogen-bond donors (Lipinski definition) is 2. The van der Waals surface area contributed by atoms with Crippen LogP contribution in [-0.4, -0.2) is 59.4 Å². The summed E-state index contributed by atoms with van der Waals surface area (Å²) in [6.45, 7) is 8.58. The van der Waals surface area contributed by atoms with E-state index in [4.69, 9.17) is 5.73 Å². The third-order valence-corrected chi connectivity index (χ3v) is 7.70. The predicted molar refractivity (Wildman–Crippen MR) is 115 cm³/mol. The standard InChI is InChI=1S/C21H36N4O3.ClH/c1-4-20(2,3)16-5-9-21(10-6-16)18(27)25(19(28)23-21)14-17(26)24-11-7-15(13-22)8-12-24;/h15-16H,4-14,22H2,1-3H3,(H,23,28);1H. The average Bonchev–Trinajstić information content (AvgIpc) is 2.92. The number of imide groups is 1. The molecule has 0 atom stereocenters. The van der Waals surface area contributed by atoms with Gasteiger partial charge in [0, 0.05) is 13.1 Å². The van der Waals surface area contributed by atoms with Crippen LogP contribution in [0.2, 0.25) is 0 Å². The third kappa shape index (κ3) is 4.71. The van der Waals surface area contributed by atoms with Gasteiger partial charge in [-0.2, -0.15) is 0 Å². The molecule has 1 saturated carbocycles. The molecular formula is C21H37ClN4O3. The molecule has 0 aromatic rings. The van der Waals surface area contributed by atoms with Crippen LogP contribution < -0.4 is 11.1 Å². The minimum absolute atomic E-state index is 0. The first-order valence-corrected chi connectivity index (χ1v) is 10.8. The second kappa shape index (κ2) is 9.21. The van der Waals surface area contributed by atoms with Crippen molar-refractivity contribution in [2.45, 2.75) is 71.3 Å². The summed E-state index contributed by atoms with van der Waals surface area (Å²) in [5.41, 5.74) is 5.16. The van der Waals surface area contributed by atoms with E-state index in [1.54, 1.807) is 4.90 Å². The highest BCUT2D eigenvalue weighted by Crippen LogP contribution is 2.45. The van der Waals surface area contributed by atoms with E-state index in [0.29, 0.717) is 44.3 Å². The monoisotopic (exact) mass is 428 g/mol. The first-order chi connectivity index (χ1) is 13.2. The van der Waals surface area contributed by atoms with E-state index in [9.17, 15) is 14.4 Å². The highest BCUT2D eigenvalue weighted by Gasteiger charge is 2.53. The second-order valence-electron chi connectivity index (χ2n) is 9.58. The molecular weight excluding hydrogens is 392 g/mol. The molecule has 2 aliphatic heterocycles. The van der Waals surface area contributed by atoms with Crippen LogP contribution in [-0.2, 0) is 9.59 Å². The molecule has 0 radical (unpaired) electrons. The molecule has 3 aliphatic rings. The minimum atomic E-state index is -0.801. The number of hydrogen-bond acceptors (Lipinski definition) is 4. The molecule has 0 aromatic heterocycles. The summed E-state index contributed by atoms with van der Waals surface area (Å²) in [5.74, 6) is 0.672. The number of amides is 4. The van der Waals surface area contributed by atoms with Crippen LogP contribution in [0, 0.1) is 17.3 Å². The van der Waals surface area contributed by atoms with E-state index >= 15 is 0 Å². The lowest BCUT2D eigenvalue weighted by Crippen LogP contribution is -2.51. The number of urea groups is 1. The fraction of sp³-hybridized carbons (Fsp3) is 0.857. The maximum atomic E-state index is 13.1. The van der Waals surface area contributed by atoms with E-state index in [1.807, 2.05) is 0 Å². The van der Waals surface area contributed by atoms with Crippen LogP contribution in [0.25, 0.3) is 0 Å². The van der Waals surface area contributed by atoms with Gasteiger partial charge in [0.2, 0.25) is 5.91 Å². The Bertz CT molecular complexity index is 623. The van der Waals surface area contributed by atoms with Crippen LogP contribution in [0.1, 0.15) is 65.7 Å². The lowest BCUT2D eigenvalue weighted by Gasteiger charge is -2.42. The zero-order chi connectivity index (χ0) is 20.5. The first-order valence-electron chi connectivity index (χ1n) is 10.8. The highest BCUT2D eigenvalue weighted by molar-refractivity contribution is 6.09. The Morgan fingerprint density at radius 2 is 1.76 bits per heavy atom. The summed E-state index contributed by atoms with van der Waals surface area (Å²) in [6.07, 6.45) is 6.08. The van der Waals surface area contributed by atoms with Crippen molar-refractivity contribution in [1.82, 2.24) is 15.1 Å². The number of piperidine rings is 1. The number of halogens is 1. The number of likely N-dealkylation sites (tertiary alicyclic amines) is 1. The van der Waals surface area contributed by atoms with Gasteiger partial charge in [0.15, 0.2) is 0 Å². The molecule has 0 bridgehead atoms. The maximum Gasteiger partial charge on any atom is 0.325 e. The van der Waals surface area contributed by atoms with Crippen molar-refractivity contribution in [2.75, 3.05) is 26.2 Å². The van der Waals surface area contributed by atoms with Gasteiger partial charge in [0.1, 0.15) is 12.1 Å². The Labute approximate surface area is 180 Å². The van der Waals surface area contributed by atoms with Crippen LogP contribution >= 0.6 is 12.4 Å². The summed E-state index contributed by atoms with van der Waals surface area (Å²) in [6, 6.07) is -0.414. The number of nitrogens with zero attached hydrogens (tertiary/aromatic N) is 2. The molecule has 2 heterocycles. The smallest absolute Gasteiger partial charge is 0.325 e. The Morgan fingerprint density at radius 3 is 2.28 bits per heavy atom. The lowest BCUT2D eigenvalue weighted by molar-refractivity contribution is -0.140. The van der Waals surface area contributed by atoms with Crippen molar-refractivity contribution in [3.63, 3.8) is 0 Å². The topological polar surface area (TPSA) is 95.7 Å². The largest absolute Gasteiger partial charge is 0.341 e. The summed E-state index contributed by atoms with van der Waals surface area (Å²) in [5, 5.41) is 2.93. The van der Waals surface area contributed by atoms with E-state index in [1.165, 1.54) is 0 Å². The first kappa shape index (κ1) is 23.9. The summed E-state index contributed by atoms with van der Waals surface area (Å²) in [7, 11) is 0. The molecule has 0 unspecified atom stereocenters. The van der Waals surface area contributed by atoms with Gasteiger partial charge in [-0.15, -0.1) is 12.4 Å². The summed E-state index contributed by atoms with van der Waals surface area (Å²) < 4.78 is 0. The molecule has 2 saturated heterocycles. The number of nitrogens with one attached hydrogen (secondary N) is 1. The number of carbonyl (C=O) groups is 3. The minimum Gasteiger partial charge on any atom is -0.341 e. The van der Waals surface area contributed by atoms with Crippen LogP contribution in [0.15, 0.2) is 0 Å². The summed E-state index contributed by atoms with van der Waals surface area (Å²) in [4.78, 5) is 41.2. The van der Waals surface area contributed by atoms with Crippen LogP contribution in [0.4, 0.5) is 4.79 Å². The molecule has 1 spiro atoms. The van der Waals surface area contributed by atoms with Crippen molar-refractivity contribution in [3.8, 4) is 0 Å². The Kier molecular flexibility index (Phi) is 7.60. The molecule has 3 N–H and O–H groups in total. The fourth-order valence-corrected chi connectivity index (χ4v) is 4.99. The molecule has 1 aliphatic carbocycles. The van der Waals surface area contributed by atoms with Crippen molar-refractivity contribution < 1.29 is 14.4 Å². The van der Waals surface area contributed by atoms with Gasteiger partial charge in [-0.3, -0.25) is 14.5 Å². The van der Waals surface area contributed by atoms with E-state index in [0.717, 1.165) is 37.0 Å². The van der Waals surface area contributed by atoms with Crippen LogP contribution in [0.3, 0.4) is 0 Å². The third-order valence-electron chi connectivity index (χ3n) is 7.70. The molecule has 29 heavy (non-hydrogen) atoms. The van der Waals surface area contributed by atoms with Crippen molar-refractivity contribution in [2.24, 2.45) is 23.0 Å². The van der Waals surface area contributed by atoms with Crippen molar-refractivity contribution >= 4 is 30.3 Å². The van der Waals surface area contributed by atoms with E-state index in [2.05, 4.69) is 26.1 Å². The molecule has 3 rings (SSSR count). The van der Waals surface area contributed by atoms with Crippen molar-refractivity contribution in [3.05, 3.63) is 0 Å². The number of rotatable bonds is 5.